The Balaban J connectivity index is 1.94. The lowest BCUT2D eigenvalue weighted by Gasteiger charge is -2.22. The molecule has 21 heavy (non-hydrogen) atoms. The molecule has 2 nitrogen and oxygen atoms in total. The van der Waals surface area contributed by atoms with Crippen molar-refractivity contribution in [1.29, 1.82) is 0 Å². The van der Waals surface area contributed by atoms with Crippen LogP contribution in [0.4, 0.5) is 0 Å². The fourth-order valence-electron chi connectivity index (χ4n) is 2.29. The maximum absolute atomic E-state index is 5.27. The third-order valence-corrected chi connectivity index (χ3v) is 3.33. The van der Waals surface area contributed by atoms with E-state index in [1.807, 2.05) is 0 Å². The maximum atomic E-state index is 5.27. The Kier molecular flexibility index (Phi) is 6.54. The van der Waals surface area contributed by atoms with E-state index < -0.39 is 0 Å². The van der Waals surface area contributed by atoms with E-state index in [4.69, 9.17) is 6.42 Å². The van der Waals surface area contributed by atoms with E-state index in [-0.39, 0.29) is 0 Å². The highest BCUT2D eigenvalue weighted by molar-refractivity contribution is 5.17. The van der Waals surface area contributed by atoms with Crippen molar-refractivity contribution in [2.75, 3.05) is 19.6 Å². The minimum atomic E-state index is 0.629. The summed E-state index contributed by atoms with van der Waals surface area (Å²) in [6.45, 7) is 4.42. The molecular formula is C19H22N2. The number of terminal acetylenes is 1. The zero-order valence-corrected chi connectivity index (χ0v) is 12.3. The average Bonchev–Trinajstić information content (AvgIpc) is 2.53. The Morgan fingerprint density at radius 1 is 0.857 bits per heavy atom. The molecule has 0 spiro atoms. The first kappa shape index (κ1) is 15.3. The van der Waals surface area contributed by atoms with Crippen LogP contribution in [0.3, 0.4) is 0 Å². The molecule has 0 unspecified atom stereocenters. The minimum Gasteiger partial charge on any atom is -0.305 e. The molecule has 0 aromatic heterocycles. The zero-order chi connectivity index (χ0) is 14.8. The molecule has 2 aromatic carbocycles. The maximum Gasteiger partial charge on any atom is 0.0574 e. The molecule has 0 radical (unpaired) electrons. The molecule has 0 atom stereocenters. The summed E-state index contributed by atoms with van der Waals surface area (Å²) in [5.74, 6) is 2.61. The van der Waals surface area contributed by atoms with Crippen molar-refractivity contribution in [2.24, 2.45) is 0 Å². The Morgan fingerprint density at radius 2 is 1.38 bits per heavy atom. The summed E-state index contributed by atoms with van der Waals surface area (Å²) in [5.41, 5.74) is 2.68. The van der Waals surface area contributed by atoms with Gasteiger partial charge in [0.05, 0.1) is 6.54 Å². The third-order valence-electron chi connectivity index (χ3n) is 3.33. The van der Waals surface area contributed by atoms with Gasteiger partial charge in [-0.3, -0.25) is 4.90 Å². The van der Waals surface area contributed by atoms with E-state index in [1.165, 1.54) is 11.1 Å². The van der Waals surface area contributed by atoms with Crippen molar-refractivity contribution in [3.63, 3.8) is 0 Å². The summed E-state index contributed by atoms with van der Waals surface area (Å²) in [4.78, 5) is 2.44. The van der Waals surface area contributed by atoms with Gasteiger partial charge in [-0.15, -0.1) is 6.42 Å². The van der Waals surface area contributed by atoms with Crippen molar-refractivity contribution in [2.45, 2.75) is 13.1 Å². The topological polar surface area (TPSA) is 15.3 Å². The number of hydrogen-bond donors (Lipinski definition) is 1. The molecule has 0 heterocycles. The number of benzene rings is 2. The van der Waals surface area contributed by atoms with Gasteiger partial charge < -0.3 is 5.32 Å². The van der Waals surface area contributed by atoms with Gasteiger partial charge in [0.2, 0.25) is 0 Å². The average molecular weight is 278 g/mol. The van der Waals surface area contributed by atoms with Gasteiger partial charge in [-0.1, -0.05) is 66.6 Å². The molecule has 0 bridgehead atoms. The van der Waals surface area contributed by atoms with Gasteiger partial charge in [-0.25, -0.2) is 0 Å². The van der Waals surface area contributed by atoms with Crippen LogP contribution < -0.4 is 5.32 Å². The van der Waals surface area contributed by atoms with Gasteiger partial charge in [0, 0.05) is 26.2 Å². The normalized spacial score (nSPS) is 10.5. The van der Waals surface area contributed by atoms with Crippen molar-refractivity contribution < 1.29 is 0 Å². The molecule has 0 fully saturated rings. The molecule has 2 heteroatoms. The molecule has 0 aliphatic carbocycles. The van der Waals surface area contributed by atoms with Crippen LogP contribution >= 0.6 is 0 Å². The second-order valence-electron chi connectivity index (χ2n) is 5.06. The first-order chi connectivity index (χ1) is 10.4. The molecule has 0 saturated carbocycles. The van der Waals surface area contributed by atoms with Gasteiger partial charge in [0.1, 0.15) is 0 Å². The van der Waals surface area contributed by atoms with Crippen LogP contribution in [-0.2, 0) is 13.1 Å². The van der Waals surface area contributed by atoms with Crippen molar-refractivity contribution in [1.82, 2.24) is 10.2 Å². The van der Waals surface area contributed by atoms with Crippen LogP contribution in [-0.4, -0.2) is 24.5 Å². The molecular weight excluding hydrogens is 256 g/mol. The largest absolute Gasteiger partial charge is 0.305 e. The highest BCUT2D eigenvalue weighted by Crippen LogP contribution is 2.09. The first-order valence-electron chi connectivity index (χ1n) is 7.33. The third kappa shape index (κ3) is 5.83. The lowest BCUT2D eigenvalue weighted by molar-refractivity contribution is 0.258. The predicted molar refractivity (Wildman–Crippen MR) is 88.7 cm³/mol. The molecule has 0 aliphatic heterocycles. The van der Waals surface area contributed by atoms with E-state index in [2.05, 4.69) is 76.8 Å². The fourth-order valence-corrected chi connectivity index (χ4v) is 2.29. The lowest BCUT2D eigenvalue weighted by atomic mass is 10.1. The Bertz CT molecular complexity index is 501. The monoisotopic (exact) mass is 278 g/mol. The van der Waals surface area contributed by atoms with Gasteiger partial charge in [-0.2, -0.15) is 0 Å². The standard InChI is InChI=1S/C19H22N2/c1-2-13-20-14-15-21(16-18-9-5-3-6-10-18)17-19-11-7-4-8-12-19/h1,3-12,20H,13-17H2. The second-order valence-corrected chi connectivity index (χ2v) is 5.06. The Hall–Kier alpha value is -2.08. The highest BCUT2D eigenvalue weighted by Gasteiger charge is 2.06. The predicted octanol–water partition coefficient (Wildman–Crippen LogP) is 2.91. The number of hydrogen-bond acceptors (Lipinski definition) is 2. The second kappa shape index (κ2) is 8.97. The summed E-state index contributed by atoms with van der Waals surface area (Å²) in [7, 11) is 0. The van der Waals surface area contributed by atoms with Crippen LogP contribution in [0, 0.1) is 12.3 Å². The van der Waals surface area contributed by atoms with E-state index in [0.717, 1.165) is 26.2 Å². The van der Waals surface area contributed by atoms with Crippen LogP contribution in [0.1, 0.15) is 11.1 Å². The van der Waals surface area contributed by atoms with Crippen molar-refractivity contribution >= 4 is 0 Å². The summed E-state index contributed by atoms with van der Waals surface area (Å²) < 4.78 is 0. The number of rotatable bonds is 8. The van der Waals surface area contributed by atoms with E-state index in [0.29, 0.717) is 6.54 Å². The van der Waals surface area contributed by atoms with Gasteiger partial charge >= 0.3 is 0 Å². The summed E-state index contributed by atoms with van der Waals surface area (Å²) >= 11 is 0. The fraction of sp³-hybridized carbons (Fsp3) is 0.263. The zero-order valence-electron chi connectivity index (χ0n) is 12.3. The van der Waals surface area contributed by atoms with Crippen molar-refractivity contribution in [3.8, 4) is 12.3 Å². The van der Waals surface area contributed by atoms with Gasteiger partial charge in [0.25, 0.3) is 0 Å². The number of nitrogens with zero attached hydrogens (tertiary/aromatic N) is 1. The van der Waals surface area contributed by atoms with Gasteiger partial charge in [-0.05, 0) is 11.1 Å². The molecule has 0 saturated heterocycles. The van der Waals surface area contributed by atoms with Crippen LogP contribution in [0.15, 0.2) is 60.7 Å². The van der Waals surface area contributed by atoms with Crippen molar-refractivity contribution in [3.05, 3.63) is 71.8 Å². The van der Waals surface area contributed by atoms with E-state index in [1.54, 1.807) is 0 Å². The summed E-state index contributed by atoms with van der Waals surface area (Å²) in [6, 6.07) is 21.2. The highest BCUT2D eigenvalue weighted by atomic mass is 15.1. The number of nitrogens with one attached hydrogen (secondary N) is 1. The van der Waals surface area contributed by atoms with Gasteiger partial charge in [0.15, 0.2) is 0 Å². The summed E-state index contributed by atoms with van der Waals surface area (Å²) in [6.07, 6.45) is 5.27. The van der Waals surface area contributed by atoms with Crippen LogP contribution in [0.2, 0.25) is 0 Å². The molecule has 1 N–H and O–H groups in total. The smallest absolute Gasteiger partial charge is 0.0574 e. The molecule has 2 rings (SSSR count). The Morgan fingerprint density at radius 3 is 1.86 bits per heavy atom. The first-order valence-corrected chi connectivity index (χ1v) is 7.33. The van der Waals surface area contributed by atoms with Crippen LogP contribution in [0.5, 0.6) is 0 Å². The minimum absolute atomic E-state index is 0.629. The molecule has 0 aliphatic rings. The van der Waals surface area contributed by atoms with E-state index >= 15 is 0 Å². The van der Waals surface area contributed by atoms with Crippen LogP contribution in [0.25, 0.3) is 0 Å². The quantitative estimate of drug-likeness (QED) is 0.590. The SMILES string of the molecule is C#CCNCCN(Cc1ccccc1)Cc1ccccc1. The Labute approximate surface area is 127 Å². The summed E-state index contributed by atoms with van der Waals surface area (Å²) in [5, 5.41) is 3.26. The van der Waals surface area contributed by atoms with E-state index in [9.17, 15) is 0 Å². The lowest BCUT2D eigenvalue weighted by Crippen LogP contribution is -2.31. The molecule has 2 aromatic rings. The molecule has 108 valence electrons. The molecule has 0 amide bonds.